The topological polar surface area (TPSA) is 61.3 Å². The zero-order valence-corrected chi connectivity index (χ0v) is 22.1. The van der Waals surface area contributed by atoms with Gasteiger partial charge in [-0.05, 0) is 24.3 Å². The van der Waals surface area contributed by atoms with E-state index in [4.69, 9.17) is 55.5 Å². The number of hydrogen-bond donors (Lipinski definition) is 0. The molecule has 5 nitrogen and oxygen atoms in total. The number of alkyl halides is 2. The molecule has 0 bridgehead atoms. The van der Waals surface area contributed by atoms with E-state index in [-0.39, 0.29) is 11.4 Å². The van der Waals surface area contributed by atoms with Crippen LogP contribution in [0, 0.1) is 0 Å². The number of thiazole rings is 2. The van der Waals surface area contributed by atoms with E-state index in [1.807, 2.05) is 0 Å². The van der Waals surface area contributed by atoms with Crippen LogP contribution in [0.4, 0.5) is 8.78 Å². The van der Waals surface area contributed by atoms with Crippen LogP contribution < -0.4 is 0 Å². The molecule has 0 saturated carbocycles. The third-order valence-electron chi connectivity index (χ3n) is 4.24. The van der Waals surface area contributed by atoms with Crippen molar-refractivity contribution in [3.05, 3.63) is 78.6 Å². The summed E-state index contributed by atoms with van der Waals surface area (Å²) >= 11 is 26.0. The first-order valence-corrected chi connectivity index (χ1v) is 13.7. The largest absolute Gasteiger partial charge is 0.324 e. The lowest BCUT2D eigenvalue weighted by Crippen LogP contribution is -1.98. The summed E-state index contributed by atoms with van der Waals surface area (Å²) < 4.78 is 50.4. The molecule has 0 N–H and O–H groups in total. The van der Waals surface area contributed by atoms with Gasteiger partial charge < -0.3 is 0 Å². The third-order valence-corrected chi connectivity index (χ3v) is 8.34. The van der Waals surface area contributed by atoms with Gasteiger partial charge in [-0.15, -0.1) is 22.7 Å². The molecule has 0 aliphatic heterocycles. The molecule has 34 heavy (non-hydrogen) atoms. The molecule has 2 unspecified atom stereocenters. The summed E-state index contributed by atoms with van der Waals surface area (Å²) in [5, 5.41) is 5.04. The Bertz CT molecular complexity index is 1260. The first-order chi connectivity index (χ1) is 16.2. The Kier molecular flexibility index (Phi) is 8.61. The minimum Gasteiger partial charge on any atom is -0.269 e. The van der Waals surface area contributed by atoms with E-state index in [9.17, 15) is 13.3 Å². The average Bonchev–Trinajstić information content (AvgIpc) is 3.48. The monoisotopic (exact) mass is 600 g/mol. The maximum absolute atomic E-state index is 14.5. The van der Waals surface area contributed by atoms with Crippen LogP contribution in [-0.4, -0.2) is 9.97 Å². The van der Waals surface area contributed by atoms with Crippen molar-refractivity contribution in [1.29, 1.82) is 0 Å². The molecule has 0 radical (unpaired) electrons. The van der Waals surface area contributed by atoms with Crippen LogP contribution in [0.3, 0.4) is 0 Å². The second kappa shape index (κ2) is 11.3. The predicted octanol–water partition coefficient (Wildman–Crippen LogP) is 9.61. The van der Waals surface area contributed by atoms with Crippen molar-refractivity contribution >= 4 is 77.3 Å². The molecule has 178 valence electrons. The molecular weight excluding hydrogens is 591 g/mol. The van der Waals surface area contributed by atoms with Gasteiger partial charge in [-0.2, -0.15) is 0 Å². The van der Waals surface area contributed by atoms with Gasteiger partial charge in [0.15, 0.2) is 0 Å². The fourth-order valence-electron chi connectivity index (χ4n) is 2.62. The third kappa shape index (κ3) is 6.16. The van der Waals surface area contributed by atoms with Gasteiger partial charge in [-0.3, -0.25) is 13.6 Å². The standard InChI is InChI=1S/C20H11Cl4F2N2O3PS2/c21-11-3-1-9(5-13(11)23)19-27-15(7-33-19)17(25)30-32(29)31-18(26)16-8-34-20(28-16)10-2-4-12(22)14(24)6-10/h1-8,17-18,32H. The van der Waals surface area contributed by atoms with E-state index >= 15 is 0 Å². The summed E-state index contributed by atoms with van der Waals surface area (Å²) in [5.74, 6) is 0. The maximum Gasteiger partial charge on any atom is 0.324 e. The Balaban J connectivity index is 1.37. The lowest BCUT2D eigenvalue weighted by Gasteiger charge is -2.10. The summed E-state index contributed by atoms with van der Waals surface area (Å²) in [6.07, 6.45) is -4.37. The maximum atomic E-state index is 14.5. The van der Waals surface area contributed by atoms with Crippen LogP contribution in [0.1, 0.15) is 24.1 Å². The molecule has 2 heterocycles. The minimum absolute atomic E-state index is 0.140. The van der Waals surface area contributed by atoms with Gasteiger partial charge in [0.2, 0.25) is 12.7 Å². The number of nitrogens with zero attached hydrogens (tertiary/aromatic N) is 2. The van der Waals surface area contributed by atoms with E-state index in [2.05, 4.69) is 9.97 Å². The molecule has 4 rings (SSSR count). The highest BCUT2D eigenvalue weighted by Crippen LogP contribution is 2.41. The molecule has 2 atom stereocenters. The first-order valence-electron chi connectivity index (χ1n) is 9.18. The van der Waals surface area contributed by atoms with Crippen molar-refractivity contribution in [3.63, 3.8) is 0 Å². The number of aromatic nitrogens is 2. The highest BCUT2D eigenvalue weighted by atomic mass is 35.5. The minimum atomic E-state index is -3.56. The van der Waals surface area contributed by atoms with Crippen molar-refractivity contribution in [2.45, 2.75) is 12.7 Å². The van der Waals surface area contributed by atoms with Gasteiger partial charge in [0.25, 0.3) is 0 Å². The molecule has 0 aliphatic carbocycles. The van der Waals surface area contributed by atoms with Gasteiger partial charge in [-0.25, -0.2) is 18.7 Å². The van der Waals surface area contributed by atoms with E-state index in [0.717, 1.165) is 22.7 Å². The van der Waals surface area contributed by atoms with Gasteiger partial charge in [0, 0.05) is 21.9 Å². The quantitative estimate of drug-likeness (QED) is 0.188. The van der Waals surface area contributed by atoms with E-state index in [1.54, 1.807) is 36.4 Å². The van der Waals surface area contributed by atoms with Gasteiger partial charge in [-0.1, -0.05) is 58.5 Å². The fraction of sp³-hybridized carbons (Fsp3) is 0.100. The van der Waals surface area contributed by atoms with Crippen molar-refractivity contribution < 1.29 is 22.4 Å². The summed E-state index contributed by atoms with van der Waals surface area (Å²) in [4.78, 5) is 8.21. The highest BCUT2D eigenvalue weighted by molar-refractivity contribution is 7.33. The molecular formula is C20H11Cl4F2N2O3PS2. The van der Waals surface area contributed by atoms with Crippen LogP contribution in [0.2, 0.25) is 20.1 Å². The van der Waals surface area contributed by atoms with Crippen molar-refractivity contribution in [3.8, 4) is 21.1 Å². The second-order valence-corrected chi connectivity index (χ2v) is 10.8. The van der Waals surface area contributed by atoms with Crippen molar-refractivity contribution in [2.24, 2.45) is 0 Å². The highest BCUT2D eigenvalue weighted by Gasteiger charge is 2.23. The SMILES string of the molecule is O=[PH](OC(F)c1csc(-c2ccc(Cl)c(Cl)c2)n1)OC(F)c1csc(-c2ccc(Cl)c(Cl)c2)n1. The number of benzene rings is 2. The zero-order valence-electron chi connectivity index (χ0n) is 16.5. The fourth-order valence-corrected chi connectivity index (χ4v) is 5.48. The Morgan fingerprint density at radius 2 is 1.15 bits per heavy atom. The lowest BCUT2D eigenvalue weighted by molar-refractivity contribution is 0.00970. The van der Waals surface area contributed by atoms with Crippen LogP contribution in [-0.2, 0) is 13.6 Å². The van der Waals surface area contributed by atoms with Crippen molar-refractivity contribution in [1.82, 2.24) is 9.97 Å². The number of halogens is 6. The van der Waals surface area contributed by atoms with Crippen LogP contribution in [0.5, 0.6) is 0 Å². The summed E-state index contributed by atoms with van der Waals surface area (Å²) in [5.41, 5.74) is 0.955. The van der Waals surface area contributed by atoms with Crippen molar-refractivity contribution in [2.75, 3.05) is 0 Å². The van der Waals surface area contributed by atoms with Gasteiger partial charge in [0.1, 0.15) is 21.4 Å². The molecule has 0 amide bonds. The lowest BCUT2D eigenvalue weighted by atomic mass is 10.2. The normalized spacial score (nSPS) is 14.2. The zero-order chi connectivity index (χ0) is 24.4. The summed E-state index contributed by atoms with van der Waals surface area (Å²) in [6, 6.07) is 9.68. The van der Waals surface area contributed by atoms with Crippen LogP contribution in [0.25, 0.3) is 21.1 Å². The Hall–Kier alpha value is -1.13. The summed E-state index contributed by atoms with van der Waals surface area (Å²) in [6.45, 7) is 0. The summed E-state index contributed by atoms with van der Waals surface area (Å²) in [7, 11) is -3.56. The molecule has 14 heteroatoms. The molecule has 2 aromatic carbocycles. The Morgan fingerprint density at radius 3 is 1.53 bits per heavy atom. The van der Waals surface area contributed by atoms with Crippen LogP contribution >= 0.6 is 77.3 Å². The average molecular weight is 602 g/mol. The second-order valence-electron chi connectivity index (χ2n) is 6.53. The van der Waals surface area contributed by atoms with Crippen LogP contribution in [0.15, 0.2) is 47.2 Å². The Labute approximate surface area is 221 Å². The molecule has 4 aromatic rings. The number of hydrogen-bond acceptors (Lipinski definition) is 7. The van der Waals surface area contributed by atoms with E-state index < -0.39 is 21.0 Å². The number of rotatable bonds is 8. The van der Waals surface area contributed by atoms with E-state index in [0.29, 0.717) is 41.2 Å². The van der Waals surface area contributed by atoms with Gasteiger partial charge >= 0.3 is 8.25 Å². The van der Waals surface area contributed by atoms with E-state index in [1.165, 1.54) is 10.8 Å². The molecule has 0 aliphatic rings. The predicted molar refractivity (Wildman–Crippen MR) is 134 cm³/mol. The van der Waals surface area contributed by atoms with Gasteiger partial charge in [0.05, 0.1) is 20.1 Å². The smallest absolute Gasteiger partial charge is 0.269 e. The molecule has 2 aromatic heterocycles. The first kappa shape index (κ1) is 25.9. The molecule has 0 fully saturated rings. The Morgan fingerprint density at radius 1 is 0.735 bits per heavy atom. The molecule has 0 spiro atoms. The molecule has 0 saturated heterocycles.